The Labute approximate surface area is 95.8 Å². The number of alkyl halides is 1. The van der Waals surface area contributed by atoms with Gasteiger partial charge in [-0.25, -0.2) is 0 Å². The van der Waals surface area contributed by atoms with Gasteiger partial charge in [0.1, 0.15) is 5.75 Å². The predicted octanol–water partition coefficient (Wildman–Crippen LogP) is 3.09. The largest absolute Gasteiger partial charge is 0.496 e. The summed E-state index contributed by atoms with van der Waals surface area (Å²) in [5.74, 6) is 1.43. The van der Waals surface area contributed by atoms with Crippen molar-refractivity contribution in [1.82, 2.24) is 0 Å². The first-order chi connectivity index (χ1) is 7.10. The fraction of sp³-hybridized carbons (Fsp3) is 0.500. The van der Waals surface area contributed by atoms with Crippen molar-refractivity contribution in [3.05, 3.63) is 29.3 Å². The Bertz CT molecular complexity index is 323. The Morgan fingerprint density at radius 3 is 2.53 bits per heavy atom. The Hall–Kier alpha value is -0.730. The van der Waals surface area contributed by atoms with Gasteiger partial charge >= 0.3 is 0 Å². The van der Waals surface area contributed by atoms with E-state index >= 15 is 0 Å². The maximum Gasteiger partial charge on any atom is 0.122 e. The van der Waals surface area contributed by atoms with Gasteiger partial charge in [-0.15, -0.1) is 11.6 Å². The van der Waals surface area contributed by atoms with Crippen LogP contribution in [-0.2, 0) is 0 Å². The number of aliphatic hydroxyl groups is 1. The molecule has 0 aliphatic heterocycles. The first-order valence-electron chi connectivity index (χ1n) is 5.02. The van der Waals surface area contributed by atoms with Crippen LogP contribution in [0.4, 0.5) is 0 Å². The van der Waals surface area contributed by atoms with E-state index in [-0.39, 0.29) is 5.88 Å². The third-order valence-corrected chi connectivity index (χ3v) is 2.70. The van der Waals surface area contributed by atoms with Crippen LogP contribution in [0.1, 0.15) is 37.0 Å². The molecule has 1 N–H and O–H groups in total. The Morgan fingerprint density at radius 2 is 2.07 bits per heavy atom. The van der Waals surface area contributed by atoms with E-state index in [1.54, 1.807) is 7.11 Å². The number of rotatable bonds is 4. The van der Waals surface area contributed by atoms with Crippen molar-refractivity contribution in [3.8, 4) is 5.75 Å². The molecule has 0 amide bonds. The van der Waals surface area contributed by atoms with Crippen molar-refractivity contribution in [2.75, 3.05) is 13.0 Å². The second kappa shape index (κ2) is 5.38. The van der Waals surface area contributed by atoms with Gasteiger partial charge in [-0.3, -0.25) is 0 Å². The van der Waals surface area contributed by atoms with E-state index < -0.39 is 6.10 Å². The van der Waals surface area contributed by atoms with Crippen LogP contribution >= 0.6 is 11.6 Å². The molecule has 0 bridgehead atoms. The number of aliphatic hydroxyl groups excluding tert-OH is 1. The fourth-order valence-electron chi connectivity index (χ4n) is 1.50. The van der Waals surface area contributed by atoms with E-state index in [0.29, 0.717) is 5.92 Å². The number of methoxy groups -OCH3 is 1. The smallest absolute Gasteiger partial charge is 0.122 e. The SMILES string of the molecule is COc1ccc(C(O)CCl)cc1C(C)C. The quantitative estimate of drug-likeness (QED) is 0.803. The van der Waals surface area contributed by atoms with Gasteiger partial charge in [0.2, 0.25) is 0 Å². The third-order valence-electron chi connectivity index (χ3n) is 2.41. The number of benzene rings is 1. The van der Waals surface area contributed by atoms with E-state index in [4.69, 9.17) is 16.3 Å². The standard InChI is InChI=1S/C12H17ClO2/c1-8(2)10-6-9(11(14)7-13)4-5-12(10)15-3/h4-6,8,11,14H,7H2,1-3H3. The molecule has 0 aliphatic rings. The molecule has 1 aromatic rings. The van der Waals surface area contributed by atoms with E-state index in [0.717, 1.165) is 16.9 Å². The zero-order chi connectivity index (χ0) is 11.4. The maximum atomic E-state index is 9.63. The minimum absolute atomic E-state index is 0.212. The summed E-state index contributed by atoms with van der Waals surface area (Å²) in [6.07, 6.45) is -0.602. The van der Waals surface area contributed by atoms with Gasteiger partial charge in [0.05, 0.1) is 19.1 Å². The average molecular weight is 229 g/mol. The van der Waals surface area contributed by atoms with Crippen molar-refractivity contribution >= 4 is 11.6 Å². The molecule has 0 aliphatic carbocycles. The molecule has 0 heterocycles. The first-order valence-corrected chi connectivity index (χ1v) is 5.55. The van der Waals surface area contributed by atoms with E-state index in [2.05, 4.69) is 13.8 Å². The first kappa shape index (κ1) is 12.3. The molecular weight excluding hydrogens is 212 g/mol. The van der Waals surface area contributed by atoms with Crippen LogP contribution in [0.15, 0.2) is 18.2 Å². The molecule has 0 radical (unpaired) electrons. The molecule has 15 heavy (non-hydrogen) atoms. The summed E-state index contributed by atoms with van der Waals surface area (Å²) < 4.78 is 5.26. The number of hydrogen-bond donors (Lipinski definition) is 1. The minimum atomic E-state index is -0.602. The Morgan fingerprint density at radius 1 is 1.40 bits per heavy atom. The molecule has 1 aromatic carbocycles. The lowest BCUT2D eigenvalue weighted by Crippen LogP contribution is -2.02. The van der Waals surface area contributed by atoms with Gasteiger partial charge in [-0.2, -0.15) is 0 Å². The van der Waals surface area contributed by atoms with E-state index in [1.807, 2.05) is 18.2 Å². The summed E-state index contributed by atoms with van der Waals surface area (Å²) in [6, 6.07) is 5.68. The van der Waals surface area contributed by atoms with Crippen molar-refractivity contribution in [2.24, 2.45) is 0 Å². The second-order valence-corrected chi connectivity index (χ2v) is 4.13. The monoisotopic (exact) mass is 228 g/mol. The molecule has 0 spiro atoms. The molecule has 3 heteroatoms. The molecule has 2 nitrogen and oxygen atoms in total. The van der Waals surface area contributed by atoms with Gasteiger partial charge in [0, 0.05) is 0 Å². The highest BCUT2D eigenvalue weighted by Gasteiger charge is 2.12. The van der Waals surface area contributed by atoms with E-state index in [9.17, 15) is 5.11 Å². The van der Waals surface area contributed by atoms with Crippen molar-refractivity contribution in [2.45, 2.75) is 25.9 Å². The second-order valence-electron chi connectivity index (χ2n) is 3.83. The van der Waals surface area contributed by atoms with Crippen molar-refractivity contribution < 1.29 is 9.84 Å². The highest BCUT2D eigenvalue weighted by atomic mass is 35.5. The molecule has 0 saturated heterocycles. The molecular formula is C12H17ClO2. The normalized spacial score (nSPS) is 12.9. The van der Waals surface area contributed by atoms with Crippen LogP contribution in [0.2, 0.25) is 0 Å². The summed E-state index contributed by atoms with van der Waals surface area (Å²) in [7, 11) is 1.65. The van der Waals surface area contributed by atoms with Gasteiger partial charge in [-0.1, -0.05) is 19.9 Å². The van der Waals surface area contributed by atoms with Crippen LogP contribution in [0, 0.1) is 0 Å². The molecule has 0 fully saturated rings. The van der Waals surface area contributed by atoms with Crippen LogP contribution < -0.4 is 4.74 Å². The van der Waals surface area contributed by atoms with Crippen LogP contribution in [-0.4, -0.2) is 18.1 Å². The summed E-state index contributed by atoms with van der Waals surface area (Å²) in [5, 5.41) is 9.63. The van der Waals surface area contributed by atoms with Gasteiger partial charge in [0.25, 0.3) is 0 Å². The maximum absolute atomic E-state index is 9.63. The van der Waals surface area contributed by atoms with Crippen LogP contribution in [0.5, 0.6) is 5.75 Å². The summed E-state index contributed by atoms with van der Waals surface area (Å²) in [5.41, 5.74) is 1.94. The highest BCUT2D eigenvalue weighted by Crippen LogP contribution is 2.29. The zero-order valence-electron chi connectivity index (χ0n) is 9.33. The topological polar surface area (TPSA) is 29.5 Å². The van der Waals surface area contributed by atoms with Crippen LogP contribution in [0.3, 0.4) is 0 Å². The van der Waals surface area contributed by atoms with Gasteiger partial charge in [-0.05, 0) is 29.2 Å². The lowest BCUT2D eigenvalue weighted by molar-refractivity contribution is 0.202. The van der Waals surface area contributed by atoms with Crippen molar-refractivity contribution in [1.29, 1.82) is 0 Å². The minimum Gasteiger partial charge on any atom is -0.496 e. The number of hydrogen-bond acceptors (Lipinski definition) is 2. The molecule has 84 valence electrons. The fourth-order valence-corrected chi connectivity index (χ4v) is 1.68. The molecule has 1 atom stereocenters. The van der Waals surface area contributed by atoms with E-state index in [1.165, 1.54) is 0 Å². The summed E-state index contributed by atoms with van der Waals surface area (Å²) in [6.45, 7) is 4.18. The number of halogens is 1. The lowest BCUT2D eigenvalue weighted by atomic mass is 9.98. The zero-order valence-corrected chi connectivity index (χ0v) is 10.1. The Kier molecular flexibility index (Phi) is 4.43. The summed E-state index contributed by atoms with van der Waals surface area (Å²) in [4.78, 5) is 0. The Balaban J connectivity index is 3.10. The molecule has 0 aromatic heterocycles. The molecule has 1 unspecified atom stereocenters. The van der Waals surface area contributed by atoms with Gasteiger partial charge in [0.15, 0.2) is 0 Å². The third kappa shape index (κ3) is 2.86. The highest BCUT2D eigenvalue weighted by molar-refractivity contribution is 6.18. The van der Waals surface area contributed by atoms with Gasteiger partial charge < -0.3 is 9.84 Å². The van der Waals surface area contributed by atoms with Crippen molar-refractivity contribution in [3.63, 3.8) is 0 Å². The molecule has 0 saturated carbocycles. The lowest BCUT2D eigenvalue weighted by Gasteiger charge is -2.15. The predicted molar refractivity (Wildman–Crippen MR) is 62.8 cm³/mol. The van der Waals surface area contributed by atoms with Crippen LogP contribution in [0.25, 0.3) is 0 Å². The summed E-state index contributed by atoms with van der Waals surface area (Å²) >= 11 is 5.61. The molecule has 1 rings (SSSR count). The number of ether oxygens (including phenoxy) is 1. The average Bonchev–Trinajstić information content (AvgIpc) is 2.27.